The smallest absolute Gasteiger partial charge is 0.354 e. The van der Waals surface area contributed by atoms with Gasteiger partial charge < -0.3 is 20.9 Å². The number of hydrogen-bond acceptors (Lipinski definition) is 5. The van der Waals surface area contributed by atoms with Crippen LogP contribution in [0.25, 0.3) is 16.6 Å². The van der Waals surface area contributed by atoms with E-state index in [-0.39, 0.29) is 0 Å². The summed E-state index contributed by atoms with van der Waals surface area (Å²) in [4.78, 5) is 18.9. The van der Waals surface area contributed by atoms with Crippen molar-refractivity contribution < 1.29 is 9.53 Å². The minimum absolute atomic E-state index is 0.319. The van der Waals surface area contributed by atoms with Gasteiger partial charge in [-0.05, 0) is 32.0 Å². The van der Waals surface area contributed by atoms with Crippen molar-refractivity contribution in [2.24, 2.45) is 5.73 Å². The summed E-state index contributed by atoms with van der Waals surface area (Å²) >= 11 is 0. The Labute approximate surface area is 116 Å². The minimum atomic E-state index is -0.412. The zero-order chi connectivity index (χ0) is 14.7. The molecule has 2 aromatic rings. The minimum Gasteiger partial charge on any atom is -0.461 e. The monoisotopic (exact) mass is 272 g/mol. The number of allylic oxidation sites excluding steroid dienone is 2. The molecule has 4 N–H and O–H groups in total. The number of esters is 1. The molecule has 0 bridgehead atoms. The van der Waals surface area contributed by atoms with E-state index in [1.807, 2.05) is 6.07 Å². The van der Waals surface area contributed by atoms with Gasteiger partial charge in [-0.15, -0.1) is 0 Å². The van der Waals surface area contributed by atoms with E-state index in [1.54, 1.807) is 26.0 Å². The predicted octanol–water partition coefficient (Wildman–Crippen LogP) is 2.08. The molecular formula is C14H16N4O2. The highest BCUT2D eigenvalue weighted by atomic mass is 16.5. The summed E-state index contributed by atoms with van der Waals surface area (Å²) in [7, 11) is 0. The Balaban J connectivity index is 2.47. The first-order valence-corrected chi connectivity index (χ1v) is 6.21. The van der Waals surface area contributed by atoms with Gasteiger partial charge in [-0.25, -0.2) is 9.78 Å². The molecule has 0 saturated carbocycles. The summed E-state index contributed by atoms with van der Waals surface area (Å²) in [5.41, 5.74) is 8.30. The van der Waals surface area contributed by atoms with Gasteiger partial charge in [0.15, 0.2) is 0 Å². The van der Waals surface area contributed by atoms with Crippen LogP contribution in [0.4, 0.5) is 0 Å². The molecule has 0 aliphatic carbocycles. The fourth-order valence-electron chi connectivity index (χ4n) is 1.86. The van der Waals surface area contributed by atoms with E-state index in [0.29, 0.717) is 34.9 Å². The molecule has 6 heteroatoms. The summed E-state index contributed by atoms with van der Waals surface area (Å²) < 4.78 is 4.93. The van der Waals surface area contributed by atoms with Crippen molar-refractivity contribution in [1.29, 1.82) is 5.41 Å². The molecule has 20 heavy (non-hydrogen) atoms. The van der Waals surface area contributed by atoms with Gasteiger partial charge >= 0.3 is 5.97 Å². The van der Waals surface area contributed by atoms with Gasteiger partial charge in [-0.1, -0.05) is 0 Å². The van der Waals surface area contributed by atoms with E-state index in [4.69, 9.17) is 15.9 Å². The van der Waals surface area contributed by atoms with Crippen molar-refractivity contribution in [3.05, 3.63) is 35.3 Å². The lowest BCUT2D eigenvalue weighted by molar-refractivity contribution is 0.0520. The van der Waals surface area contributed by atoms with Gasteiger partial charge in [0, 0.05) is 22.9 Å². The number of nitrogens with zero attached hydrogens (tertiary/aromatic N) is 1. The number of aromatic amines is 1. The zero-order valence-electron chi connectivity index (χ0n) is 11.4. The number of carbonyl (C=O) groups is 1. The SMILES string of the molecule is CCOC(=O)c1cc2ccc(/C(C=N)=C(\C)N)nc2[nH]1. The molecule has 0 aliphatic heterocycles. The Morgan fingerprint density at radius 3 is 2.90 bits per heavy atom. The molecule has 2 aromatic heterocycles. The van der Waals surface area contributed by atoms with Crippen molar-refractivity contribution >= 4 is 28.8 Å². The molecule has 0 radical (unpaired) electrons. The first-order chi connectivity index (χ1) is 9.56. The molecule has 0 saturated heterocycles. The first-order valence-electron chi connectivity index (χ1n) is 6.21. The van der Waals surface area contributed by atoms with Gasteiger partial charge in [0.25, 0.3) is 0 Å². The molecule has 0 aliphatic rings. The molecule has 6 nitrogen and oxygen atoms in total. The number of rotatable bonds is 4. The highest BCUT2D eigenvalue weighted by molar-refractivity contribution is 6.09. The lowest BCUT2D eigenvalue weighted by atomic mass is 10.1. The van der Waals surface area contributed by atoms with Crippen LogP contribution in [0.3, 0.4) is 0 Å². The number of H-pyrrole nitrogens is 1. The lowest BCUT2D eigenvalue weighted by Crippen LogP contribution is -2.04. The Bertz CT molecular complexity index is 696. The Hall–Kier alpha value is -2.63. The van der Waals surface area contributed by atoms with Crippen LogP contribution in [0.5, 0.6) is 0 Å². The van der Waals surface area contributed by atoms with E-state index in [1.165, 1.54) is 6.21 Å². The van der Waals surface area contributed by atoms with Crippen molar-refractivity contribution in [3.8, 4) is 0 Å². The largest absolute Gasteiger partial charge is 0.461 e. The highest BCUT2D eigenvalue weighted by Gasteiger charge is 2.12. The molecule has 2 rings (SSSR count). The van der Waals surface area contributed by atoms with Crippen LogP contribution in [0.15, 0.2) is 23.9 Å². The molecule has 2 heterocycles. The maximum Gasteiger partial charge on any atom is 0.354 e. The van der Waals surface area contributed by atoms with Crippen molar-refractivity contribution in [1.82, 2.24) is 9.97 Å². The molecule has 0 fully saturated rings. The van der Waals surface area contributed by atoms with Crippen molar-refractivity contribution in [2.75, 3.05) is 6.61 Å². The van der Waals surface area contributed by atoms with Gasteiger partial charge in [-0.2, -0.15) is 0 Å². The third kappa shape index (κ3) is 2.54. The Morgan fingerprint density at radius 2 is 2.30 bits per heavy atom. The summed E-state index contributed by atoms with van der Waals surface area (Å²) in [5.74, 6) is -0.412. The van der Waals surface area contributed by atoms with E-state index in [9.17, 15) is 4.79 Å². The number of nitrogens with one attached hydrogen (secondary N) is 2. The summed E-state index contributed by atoms with van der Waals surface area (Å²) in [6.07, 6.45) is 1.17. The average Bonchev–Trinajstić information content (AvgIpc) is 2.82. The Kier molecular flexibility index (Phi) is 3.84. The fourth-order valence-corrected chi connectivity index (χ4v) is 1.86. The van der Waals surface area contributed by atoms with Crippen molar-refractivity contribution in [3.63, 3.8) is 0 Å². The average molecular weight is 272 g/mol. The fraction of sp³-hybridized carbons (Fsp3) is 0.214. The van der Waals surface area contributed by atoms with Crippen molar-refractivity contribution in [2.45, 2.75) is 13.8 Å². The molecular weight excluding hydrogens is 256 g/mol. The van der Waals surface area contributed by atoms with Crippen LogP contribution in [0.2, 0.25) is 0 Å². The number of fused-ring (bicyclic) bond motifs is 1. The van der Waals surface area contributed by atoms with Gasteiger partial charge in [-0.3, -0.25) is 0 Å². The standard InChI is InChI=1S/C14H16N4O2/c1-3-20-14(19)12-6-9-4-5-11(17-13(9)18-12)10(7-15)8(2)16/h4-7,15H,3,16H2,1-2H3,(H,17,18)/b10-8+,15-7?. The number of hydrogen-bond donors (Lipinski definition) is 3. The zero-order valence-corrected chi connectivity index (χ0v) is 11.4. The maximum absolute atomic E-state index is 11.7. The van der Waals surface area contributed by atoms with E-state index >= 15 is 0 Å². The molecule has 0 unspecified atom stereocenters. The van der Waals surface area contributed by atoms with E-state index < -0.39 is 5.97 Å². The third-order valence-electron chi connectivity index (χ3n) is 2.82. The molecule has 104 valence electrons. The molecule has 0 aromatic carbocycles. The first kappa shape index (κ1) is 13.8. The number of pyridine rings is 1. The predicted molar refractivity (Wildman–Crippen MR) is 77.6 cm³/mol. The molecule has 0 amide bonds. The maximum atomic E-state index is 11.7. The quantitative estimate of drug-likeness (QED) is 0.585. The summed E-state index contributed by atoms with van der Waals surface area (Å²) in [6.45, 7) is 3.78. The lowest BCUT2D eigenvalue weighted by Gasteiger charge is -2.03. The van der Waals surface area contributed by atoms with Crippen LogP contribution < -0.4 is 5.73 Å². The normalized spacial score (nSPS) is 12.1. The van der Waals surface area contributed by atoms with Crippen LogP contribution in [0, 0.1) is 5.41 Å². The highest BCUT2D eigenvalue weighted by Crippen LogP contribution is 2.19. The summed E-state index contributed by atoms with van der Waals surface area (Å²) in [6, 6.07) is 5.28. The van der Waals surface area contributed by atoms with Crippen LogP contribution in [0.1, 0.15) is 30.0 Å². The van der Waals surface area contributed by atoms with Gasteiger partial charge in [0.1, 0.15) is 11.3 Å². The second-order valence-electron chi connectivity index (χ2n) is 4.28. The Morgan fingerprint density at radius 1 is 1.55 bits per heavy atom. The number of carbonyl (C=O) groups excluding carboxylic acids is 1. The van der Waals surface area contributed by atoms with Gasteiger partial charge in [0.05, 0.1) is 12.3 Å². The number of ether oxygens (including phenoxy) is 1. The van der Waals surface area contributed by atoms with Gasteiger partial charge in [0.2, 0.25) is 0 Å². The van der Waals surface area contributed by atoms with E-state index in [2.05, 4.69) is 9.97 Å². The molecule has 0 spiro atoms. The van der Waals surface area contributed by atoms with Crippen LogP contribution in [-0.2, 0) is 4.74 Å². The topological polar surface area (TPSA) is 105 Å². The third-order valence-corrected chi connectivity index (χ3v) is 2.82. The summed E-state index contributed by atoms with van der Waals surface area (Å²) in [5, 5.41) is 8.18. The second-order valence-corrected chi connectivity index (χ2v) is 4.28. The number of nitrogens with two attached hydrogens (primary N) is 1. The van der Waals surface area contributed by atoms with E-state index in [0.717, 1.165) is 5.39 Å². The molecule has 0 atom stereocenters. The van der Waals surface area contributed by atoms with Crippen LogP contribution >= 0.6 is 0 Å². The van der Waals surface area contributed by atoms with Crippen LogP contribution in [-0.4, -0.2) is 28.8 Å². The second kappa shape index (κ2) is 5.56. The number of aromatic nitrogens is 2.